The highest BCUT2D eigenvalue weighted by molar-refractivity contribution is 5.99. The van der Waals surface area contributed by atoms with E-state index in [9.17, 15) is 9.59 Å². The van der Waals surface area contributed by atoms with Gasteiger partial charge in [0.2, 0.25) is 5.91 Å². The summed E-state index contributed by atoms with van der Waals surface area (Å²) in [5, 5.41) is 11.9. The number of amides is 1. The summed E-state index contributed by atoms with van der Waals surface area (Å²) < 4.78 is 0. The summed E-state index contributed by atoms with van der Waals surface area (Å²) in [6, 6.07) is 5.06. The number of aromatic carboxylic acids is 1. The predicted molar refractivity (Wildman–Crippen MR) is 67.0 cm³/mol. The van der Waals surface area contributed by atoms with Gasteiger partial charge in [0.05, 0.1) is 16.9 Å². The topological polar surface area (TPSA) is 69.6 Å². The molecule has 5 nitrogen and oxygen atoms in total. The van der Waals surface area contributed by atoms with Crippen molar-refractivity contribution in [3.63, 3.8) is 0 Å². The van der Waals surface area contributed by atoms with Crippen LogP contribution >= 0.6 is 0 Å². The zero-order chi connectivity index (χ0) is 12.7. The Hall–Kier alpha value is -2.04. The van der Waals surface area contributed by atoms with E-state index in [0.29, 0.717) is 6.42 Å². The lowest BCUT2D eigenvalue weighted by atomic mass is 10.1. The highest BCUT2D eigenvalue weighted by Gasteiger charge is 2.31. The number of nitrogens with one attached hydrogen (secondary N) is 1. The number of fused-ring (bicyclic) bond motifs is 3. The molecule has 1 aromatic rings. The van der Waals surface area contributed by atoms with Crippen molar-refractivity contribution in [2.24, 2.45) is 0 Å². The van der Waals surface area contributed by atoms with Crippen LogP contribution in [-0.4, -0.2) is 29.6 Å². The Labute approximate surface area is 104 Å². The fourth-order valence-electron chi connectivity index (χ4n) is 2.79. The van der Waals surface area contributed by atoms with Crippen LogP contribution in [0, 0.1) is 0 Å². The maximum absolute atomic E-state index is 11.8. The second-order valence-electron chi connectivity index (χ2n) is 4.78. The normalized spacial score (nSPS) is 21.9. The minimum absolute atomic E-state index is 0.00808. The molecule has 1 amide bonds. The molecule has 2 N–H and O–H groups in total. The highest BCUT2D eigenvalue weighted by Crippen LogP contribution is 2.36. The summed E-state index contributed by atoms with van der Waals surface area (Å²) in [6.45, 7) is 0.885. The minimum atomic E-state index is -0.941. The molecule has 0 radical (unpaired) electrons. The summed E-state index contributed by atoms with van der Waals surface area (Å²) in [7, 11) is 0. The molecule has 0 aromatic heterocycles. The van der Waals surface area contributed by atoms with Crippen LogP contribution in [0.15, 0.2) is 18.2 Å². The van der Waals surface area contributed by atoms with E-state index < -0.39 is 5.97 Å². The van der Waals surface area contributed by atoms with E-state index in [4.69, 9.17) is 5.11 Å². The van der Waals surface area contributed by atoms with Gasteiger partial charge >= 0.3 is 5.97 Å². The number of carboxylic acid groups (broad SMARTS) is 1. The van der Waals surface area contributed by atoms with Crippen molar-refractivity contribution in [2.45, 2.75) is 25.3 Å². The molecule has 1 aromatic carbocycles. The molecule has 0 aliphatic carbocycles. The smallest absolute Gasteiger partial charge is 0.335 e. The molecule has 3 rings (SSSR count). The molecular formula is C13H14N2O3. The van der Waals surface area contributed by atoms with Gasteiger partial charge in [-0.05, 0) is 31.0 Å². The molecule has 0 spiro atoms. The summed E-state index contributed by atoms with van der Waals surface area (Å²) in [6.07, 6.45) is 2.52. The molecule has 18 heavy (non-hydrogen) atoms. The largest absolute Gasteiger partial charge is 0.478 e. The Bertz CT molecular complexity index is 527. The number of hydrogen-bond donors (Lipinski definition) is 2. The van der Waals surface area contributed by atoms with Gasteiger partial charge in [-0.25, -0.2) is 4.79 Å². The van der Waals surface area contributed by atoms with Gasteiger partial charge < -0.3 is 15.3 Å². The predicted octanol–water partition coefficient (Wildman–Crippen LogP) is 1.70. The second kappa shape index (κ2) is 4.01. The third-order valence-electron chi connectivity index (χ3n) is 3.63. The quantitative estimate of drug-likeness (QED) is 0.791. The molecule has 1 saturated heterocycles. The van der Waals surface area contributed by atoms with Crippen LogP contribution in [0.1, 0.15) is 29.6 Å². The summed E-state index contributed by atoms with van der Waals surface area (Å²) in [5.74, 6) is -0.933. The van der Waals surface area contributed by atoms with Crippen LogP contribution in [0.2, 0.25) is 0 Å². The third-order valence-corrected chi connectivity index (χ3v) is 3.63. The lowest BCUT2D eigenvalue weighted by molar-refractivity contribution is -0.116. The summed E-state index contributed by atoms with van der Waals surface area (Å²) in [5.41, 5.74) is 1.81. The van der Waals surface area contributed by atoms with Crippen LogP contribution in [-0.2, 0) is 4.79 Å². The van der Waals surface area contributed by atoms with Crippen LogP contribution in [0.25, 0.3) is 0 Å². The number of carbonyl (C=O) groups is 2. The first kappa shape index (κ1) is 11.1. The Morgan fingerprint density at radius 2 is 2.28 bits per heavy atom. The van der Waals surface area contributed by atoms with Gasteiger partial charge in [-0.3, -0.25) is 4.79 Å². The number of hydrogen-bond acceptors (Lipinski definition) is 3. The van der Waals surface area contributed by atoms with Gasteiger partial charge in [0.15, 0.2) is 0 Å². The van der Waals surface area contributed by atoms with E-state index in [2.05, 4.69) is 10.2 Å². The molecule has 2 aliphatic heterocycles. The van der Waals surface area contributed by atoms with E-state index in [0.717, 1.165) is 30.8 Å². The fourth-order valence-corrected chi connectivity index (χ4v) is 2.79. The first-order valence-corrected chi connectivity index (χ1v) is 6.09. The molecule has 1 fully saturated rings. The molecule has 2 aliphatic rings. The third kappa shape index (κ3) is 1.72. The highest BCUT2D eigenvalue weighted by atomic mass is 16.4. The zero-order valence-corrected chi connectivity index (χ0v) is 9.85. The molecule has 1 atom stereocenters. The lowest BCUT2D eigenvalue weighted by Crippen LogP contribution is -2.29. The van der Waals surface area contributed by atoms with Gasteiger partial charge in [-0.1, -0.05) is 0 Å². The Morgan fingerprint density at radius 1 is 1.44 bits per heavy atom. The fraction of sp³-hybridized carbons (Fsp3) is 0.385. The number of benzene rings is 1. The summed E-state index contributed by atoms with van der Waals surface area (Å²) >= 11 is 0. The first-order chi connectivity index (χ1) is 8.65. The van der Waals surface area contributed by atoms with Crippen molar-refractivity contribution in [2.75, 3.05) is 16.8 Å². The van der Waals surface area contributed by atoms with E-state index in [1.807, 2.05) is 0 Å². The van der Waals surface area contributed by atoms with E-state index >= 15 is 0 Å². The van der Waals surface area contributed by atoms with Crippen LogP contribution in [0.5, 0.6) is 0 Å². The maximum Gasteiger partial charge on any atom is 0.335 e. The van der Waals surface area contributed by atoms with E-state index in [1.165, 1.54) is 6.07 Å². The van der Waals surface area contributed by atoms with Crippen molar-refractivity contribution in [1.82, 2.24) is 0 Å². The van der Waals surface area contributed by atoms with E-state index in [-0.39, 0.29) is 17.5 Å². The Morgan fingerprint density at radius 3 is 3.06 bits per heavy atom. The van der Waals surface area contributed by atoms with Crippen molar-refractivity contribution < 1.29 is 14.7 Å². The zero-order valence-electron chi connectivity index (χ0n) is 9.85. The molecule has 2 heterocycles. The average Bonchev–Trinajstić information content (AvgIpc) is 2.72. The maximum atomic E-state index is 11.8. The van der Waals surface area contributed by atoms with Crippen molar-refractivity contribution >= 4 is 23.3 Å². The molecule has 0 bridgehead atoms. The number of carboxylic acids is 1. The van der Waals surface area contributed by atoms with Crippen LogP contribution in [0.3, 0.4) is 0 Å². The SMILES string of the molecule is O=C1CC2CCCN2c2cc(C(=O)O)ccc2N1. The number of carbonyl (C=O) groups excluding carboxylic acids is 1. The standard InChI is InChI=1S/C13H14N2O3/c16-12-7-9-2-1-5-15(9)11-6-8(13(17)18)3-4-10(11)14-12/h3-4,6,9H,1-2,5,7H2,(H,14,16)(H,17,18). The minimum Gasteiger partial charge on any atom is -0.478 e. The van der Waals surface area contributed by atoms with Crippen LogP contribution in [0.4, 0.5) is 11.4 Å². The van der Waals surface area contributed by atoms with Crippen molar-refractivity contribution in [1.29, 1.82) is 0 Å². The number of nitrogens with zero attached hydrogens (tertiary/aromatic N) is 1. The number of anilines is 2. The number of rotatable bonds is 1. The molecular weight excluding hydrogens is 232 g/mol. The molecule has 0 saturated carbocycles. The Balaban J connectivity index is 2.09. The monoisotopic (exact) mass is 246 g/mol. The molecule has 5 heteroatoms. The first-order valence-electron chi connectivity index (χ1n) is 6.09. The second-order valence-corrected chi connectivity index (χ2v) is 4.78. The lowest BCUT2D eigenvalue weighted by Gasteiger charge is -2.25. The van der Waals surface area contributed by atoms with Gasteiger partial charge in [0.1, 0.15) is 0 Å². The average molecular weight is 246 g/mol. The summed E-state index contributed by atoms with van der Waals surface area (Å²) in [4.78, 5) is 24.9. The van der Waals surface area contributed by atoms with E-state index in [1.54, 1.807) is 12.1 Å². The van der Waals surface area contributed by atoms with Crippen molar-refractivity contribution in [3.8, 4) is 0 Å². The van der Waals surface area contributed by atoms with Gasteiger partial charge in [-0.15, -0.1) is 0 Å². The van der Waals surface area contributed by atoms with Gasteiger partial charge in [-0.2, -0.15) is 0 Å². The van der Waals surface area contributed by atoms with Gasteiger partial charge in [0.25, 0.3) is 0 Å². The Kier molecular flexibility index (Phi) is 2.47. The molecule has 1 unspecified atom stereocenters. The van der Waals surface area contributed by atoms with Crippen molar-refractivity contribution in [3.05, 3.63) is 23.8 Å². The van der Waals surface area contributed by atoms with Crippen LogP contribution < -0.4 is 10.2 Å². The van der Waals surface area contributed by atoms with Gasteiger partial charge in [0, 0.05) is 19.0 Å². The molecule has 94 valence electrons.